The van der Waals surface area contributed by atoms with E-state index in [9.17, 15) is 18.0 Å². The van der Waals surface area contributed by atoms with Gasteiger partial charge in [-0.3, -0.25) is 9.69 Å². The van der Waals surface area contributed by atoms with Crippen molar-refractivity contribution in [1.29, 1.82) is 0 Å². The third-order valence-corrected chi connectivity index (χ3v) is 4.91. The normalized spacial score (nSPS) is 11.7. The minimum absolute atomic E-state index is 0.0582. The molecule has 0 radical (unpaired) electrons. The van der Waals surface area contributed by atoms with Gasteiger partial charge in [-0.1, -0.05) is 29.4 Å². The summed E-state index contributed by atoms with van der Waals surface area (Å²) in [6.45, 7) is 0.244. The average Bonchev–Trinajstić information content (AvgIpc) is 3.16. The van der Waals surface area contributed by atoms with Crippen LogP contribution in [0.25, 0.3) is 11.4 Å². The van der Waals surface area contributed by atoms with Crippen molar-refractivity contribution in [2.24, 2.45) is 0 Å². The van der Waals surface area contributed by atoms with Gasteiger partial charge in [-0.05, 0) is 37.6 Å². The summed E-state index contributed by atoms with van der Waals surface area (Å²) in [7, 11) is 1.70. The fourth-order valence-electron chi connectivity index (χ4n) is 2.74. The zero-order valence-electron chi connectivity index (χ0n) is 16.2. The number of halogens is 3. The Balaban J connectivity index is 1.61. The Morgan fingerprint density at radius 1 is 1.20 bits per heavy atom. The zero-order chi connectivity index (χ0) is 21.7. The standard InChI is InChI=1S/C20H19F3N4O2S/c1-27(11-17(28)24-15-8-3-4-9-16(15)30-2)12-18-25-19(26-29-18)13-6-5-7-14(10-13)20(21,22)23/h3-10H,11-12H2,1-2H3,(H,24,28). The van der Waals surface area contributed by atoms with Gasteiger partial charge < -0.3 is 9.84 Å². The molecule has 158 valence electrons. The lowest BCUT2D eigenvalue weighted by Crippen LogP contribution is -2.30. The van der Waals surface area contributed by atoms with E-state index in [4.69, 9.17) is 4.52 Å². The fraction of sp³-hybridized carbons (Fsp3) is 0.250. The molecular formula is C20H19F3N4O2S. The molecule has 30 heavy (non-hydrogen) atoms. The smallest absolute Gasteiger partial charge is 0.338 e. The number of carbonyl (C=O) groups is 1. The highest BCUT2D eigenvalue weighted by Crippen LogP contribution is 2.31. The Morgan fingerprint density at radius 3 is 2.70 bits per heavy atom. The maximum Gasteiger partial charge on any atom is 0.416 e. The van der Waals surface area contributed by atoms with E-state index in [1.54, 1.807) is 11.9 Å². The second-order valence-electron chi connectivity index (χ2n) is 6.51. The van der Waals surface area contributed by atoms with Crippen LogP contribution in [-0.4, -0.2) is 40.8 Å². The van der Waals surface area contributed by atoms with E-state index in [1.807, 2.05) is 30.5 Å². The predicted molar refractivity (Wildman–Crippen MR) is 108 cm³/mol. The molecule has 0 spiro atoms. The lowest BCUT2D eigenvalue weighted by atomic mass is 10.1. The van der Waals surface area contributed by atoms with Crippen LogP contribution in [0.3, 0.4) is 0 Å². The zero-order valence-corrected chi connectivity index (χ0v) is 17.0. The number of hydrogen-bond donors (Lipinski definition) is 1. The van der Waals surface area contributed by atoms with E-state index in [2.05, 4.69) is 15.5 Å². The van der Waals surface area contributed by atoms with E-state index in [-0.39, 0.29) is 36.3 Å². The van der Waals surface area contributed by atoms with Crippen LogP contribution < -0.4 is 5.32 Å². The molecule has 1 heterocycles. The Morgan fingerprint density at radius 2 is 1.97 bits per heavy atom. The SMILES string of the molecule is CSc1ccccc1NC(=O)CN(C)Cc1nc(-c2cccc(C(F)(F)F)c2)no1. The van der Waals surface area contributed by atoms with Crippen LogP contribution in [0.4, 0.5) is 18.9 Å². The number of nitrogens with one attached hydrogen (secondary N) is 1. The first-order valence-electron chi connectivity index (χ1n) is 8.88. The van der Waals surface area contributed by atoms with Crippen LogP contribution in [-0.2, 0) is 17.5 Å². The van der Waals surface area contributed by atoms with Gasteiger partial charge in [-0.15, -0.1) is 11.8 Å². The van der Waals surface area contributed by atoms with Crippen molar-refractivity contribution in [3.63, 3.8) is 0 Å². The van der Waals surface area contributed by atoms with Crippen molar-refractivity contribution in [2.75, 3.05) is 25.2 Å². The van der Waals surface area contributed by atoms with Gasteiger partial charge in [0, 0.05) is 10.5 Å². The third-order valence-electron chi connectivity index (χ3n) is 4.12. The second-order valence-corrected chi connectivity index (χ2v) is 7.36. The molecule has 0 saturated heterocycles. The number of carbonyl (C=O) groups excluding carboxylic acids is 1. The molecule has 3 rings (SSSR count). The highest BCUT2D eigenvalue weighted by molar-refractivity contribution is 7.98. The molecule has 2 aromatic carbocycles. The minimum Gasteiger partial charge on any atom is -0.338 e. The molecule has 0 aliphatic rings. The summed E-state index contributed by atoms with van der Waals surface area (Å²) in [5.41, 5.74) is 0.146. The summed E-state index contributed by atoms with van der Waals surface area (Å²) in [4.78, 5) is 19.1. The van der Waals surface area contributed by atoms with Gasteiger partial charge >= 0.3 is 6.18 Å². The van der Waals surface area contributed by atoms with Crippen LogP contribution in [0.15, 0.2) is 57.9 Å². The van der Waals surface area contributed by atoms with E-state index < -0.39 is 11.7 Å². The number of rotatable bonds is 7. The number of anilines is 1. The van der Waals surface area contributed by atoms with Crippen LogP contribution in [0.2, 0.25) is 0 Å². The Hall–Kier alpha value is -2.85. The molecule has 1 amide bonds. The average molecular weight is 436 g/mol. The second kappa shape index (κ2) is 9.31. The molecular weight excluding hydrogens is 417 g/mol. The fourth-order valence-corrected chi connectivity index (χ4v) is 3.29. The number of hydrogen-bond acceptors (Lipinski definition) is 6. The van der Waals surface area contributed by atoms with Crippen molar-refractivity contribution in [1.82, 2.24) is 15.0 Å². The van der Waals surface area contributed by atoms with Crippen molar-refractivity contribution in [2.45, 2.75) is 17.6 Å². The summed E-state index contributed by atoms with van der Waals surface area (Å²) in [5, 5.41) is 6.60. The highest BCUT2D eigenvalue weighted by Gasteiger charge is 2.30. The number of nitrogens with zero attached hydrogens (tertiary/aromatic N) is 3. The quantitative estimate of drug-likeness (QED) is 0.548. The lowest BCUT2D eigenvalue weighted by Gasteiger charge is -2.15. The first-order chi connectivity index (χ1) is 14.3. The first kappa shape index (κ1) is 21.8. The monoisotopic (exact) mass is 436 g/mol. The maximum absolute atomic E-state index is 12.9. The van der Waals surface area contributed by atoms with Gasteiger partial charge in [0.05, 0.1) is 24.3 Å². The Kier molecular flexibility index (Phi) is 6.78. The van der Waals surface area contributed by atoms with Gasteiger partial charge in [-0.2, -0.15) is 18.2 Å². The van der Waals surface area contributed by atoms with E-state index in [0.717, 1.165) is 22.7 Å². The lowest BCUT2D eigenvalue weighted by molar-refractivity contribution is -0.137. The van der Waals surface area contributed by atoms with Gasteiger partial charge in [0.1, 0.15) is 0 Å². The number of likely N-dealkylation sites (N-methyl/N-ethyl adjacent to an activating group) is 1. The van der Waals surface area contributed by atoms with E-state index in [0.29, 0.717) is 0 Å². The molecule has 0 saturated carbocycles. The summed E-state index contributed by atoms with van der Waals surface area (Å²) in [5.74, 6) is 0.0432. The van der Waals surface area contributed by atoms with Gasteiger partial charge in [0.2, 0.25) is 17.6 Å². The van der Waals surface area contributed by atoms with Crippen LogP contribution in [0.1, 0.15) is 11.5 Å². The number of thioether (sulfide) groups is 1. The summed E-state index contributed by atoms with van der Waals surface area (Å²) < 4.78 is 43.8. The van der Waals surface area contributed by atoms with E-state index >= 15 is 0 Å². The first-order valence-corrected chi connectivity index (χ1v) is 10.1. The molecule has 0 atom stereocenters. The molecule has 3 aromatic rings. The number of aromatic nitrogens is 2. The Bertz CT molecular complexity index is 1020. The molecule has 0 fully saturated rings. The maximum atomic E-state index is 12.9. The molecule has 0 aliphatic carbocycles. The Labute approximate surface area is 175 Å². The largest absolute Gasteiger partial charge is 0.416 e. The van der Waals surface area contributed by atoms with Crippen molar-refractivity contribution < 1.29 is 22.5 Å². The summed E-state index contributed by atoms with van der Waals surface area (Å²) >= 11 is 1.53. The topological polar surface area (TPSA) is 71.3 Å². The van der Waals surface area contributed by atoms with Gasteiger partial charge in [0.25, 0.3) is 0 Å². The highest BCUT2D eigenvalue weighted by atomic mass is 32.2. The summed E-state index contributed by atoms with van der Waals surface area (Å²) in [6, 6.07) is 12.2. The molecule has 1 aromatic heterocycles. The molecule has 0 aliphatic heterocycles. The molecule has 1 N–H and O–H groups in total. The van der Waals surface area contributed by atoms with Crippen molar-refractivity contribution in [3.05, 3.63) is 60.0 Å². The molecule has 0 bridgehead atoms. The number of benzene rings is 2. The molecule has 6 nitrogen and oxygen atoms in total. The predicted octanol–water partition coefficient (Wildman–Crippen LogP) is 4.55. The van der Waals surface area contributed by atoms with E-state index in [1.165, 1.54) is 23.9 Å². The van der Waals surface area contributed by atoms with Gasteiger partial charge in [0.15, 0.2) is 0 Å². The molecule has 10 heteroatoms. The van der Waals surface area contributed by atoms with Gasteiger partial charge in [-0.25, -0.2) is 0 Å². The molecule has 0 unspecified atom stereocenters. The minimum atomic E-state index is -4.45. The van der Waals surface area contributed by atoms with Crippen LogP contribution in [0.5, 0.6) is 0 Å². The third kappa shape index (κ3) is 5.61. The van der Waals surface area contributed by atoms with Crippen LogP contribution >= 0.6 is 11.8 Å². The number of amides is 1. The number of alkyl halides is 3. The van der Waals surface area contributed by atoms with Crippen molar-refractivity contribution in [3.8, 4) is 11.4 Å². The summed E-state index contributed by atoms with van der Waals surface area (Å²) in [6.07, 6.45) is -2.53. The van der Waals surface area contributed by atoms with Crippen molar-refractivity contribution >= 4 is 23.4 Å². The van der Waals surface area contributed by atoms with Crippen LogP contribution in [0, 0.1) is 0 Å². The number of para-hydroxylation sites is 1.